The molecule has 2 N–H and O–H groups in total. The van der Waals surface area contributed by atoms with Gasteiger partial charge in [-0.25, -0.2) is 9.13 Å². The van der Waals surface area contributed by atoms with Gasteiger partial charge in [0.05, 0.1) is 44.2 Å². The molecule has 0 aromatic rings. The molecule has 0 saturated carbocycles. The van der Waals surface area contributed by atoms with Crippen molar-refractivity contribution in [2.45, 2.75) is 95.0 Å². The minimum atomic E-state index is -4.03. The van der Waals surface area contributed by atoms with E-state index in [2.05, 4.69) is 0 Å². The lowest BCUT2D eigenvalue weighted by atomic mass is 10.1. The Hall–Kier alpha value is 0.0200. The molecule has 3 heterocycles. The summed E-state index contributed by atoms with van der Waals surface area (Å²) >= 11 is 0. The van der Waals surface area contributed by atoms with Crippen molar-refractivity contribution < 1.29 is 60.7 Å². The number of ether oxygens (including phenoxy) is 3. The lowest BCUT2D eigenvalue weighted by Crippen LogP contribution is -2.31. The fourth-order valence-electron chi connectivity index (χ4n) is 4.37. The number of hydrogen-bond donors (Lipinski definition) is 2. The molecule has 0 bridgehead atoms. The van der Waals surface area contributed by atoms with E-state index >= 15 is 0 Å². The van der Waals surface area contributed by atoms with Crippen LogP contribution in [0.4, 0.5) is 0 Å². The topological polar surface area (TPSA) is 158 Å². The number of phosphoric acid groups is 2. The van der Waals surface area contributed by atoms with E-state index in [9.17, 15) is 19.3 Å². The standard InChI is InChI=1S/C20H38O13P2/c1-12-6-15(22)19(30-12)10-27-34(23,25-4)33-17-8-14(3)31-20(17)11-28-35(24,26-5)32-16-7-13(2)29-18(16)9-21/h12-22H,6-11H2,1-5H3/t12?,13?,14?,15-,16-,17-,18-,19-,20-,34?,35?/m1/s1. The second kappa shape index (κ2) is 12.7. The van der Waals surface area contributed by atoms with Gasteiger partial charge >= 0.3 is 15.6 Å². The van der Waals surface area contributed by atoms with Crippen molar-refractivity contribution in [3.63, 3.8) is 0 Å². The molecular weight excluding hydrogens is 510 g/mol. The first-order chi connectivity index (χ1) is 16.5. The van der Waals surface area contributed by atoms with Gasteiger partial charge in [0.1, 0.15) is 30.5 Å². The third-order valence-corrected chi connectivity index (χ3v) is 9.01. The maximum Gasteiger partial charge on any atom is 0.474 e. The van der Waals surface area contributed by atoms with Gasteiger partial charge in [-0.05, 0) is 20.8 Å². The molecule has 0 aromatic heterocycles. The fraction of sp³-hybridized carbons (Fsp3) is 1.00. The lowest BCUT2D eigenvalue weighted by molar-refractivity contribution is -0.0436. The molecule has 0 aliphatic carbocycles. The maximum absolute atomic E-state index is 13.1. The van der Waals surface area contributed by atoms with Gasteiger partial charge in [-0.15, -0.1) is 0 Å². The zero-order chi connectivity index (χ0) is 25.8. The minimum absolute atomic E-state index is 0.141. The Bertz CT molecular complexity index is 769. The summed E-state index contributed by atoms with van der Waals surface area (Å²) in [6.45, 7) is 4.71. The van der Waals surface area contributed by atoms with E-state index in [1.54, 1.807) is 6.92 Å². The normalized spacial score (nSPS) is 41.2. The Balaban J connectivity index is 1.57. The quantitative estimate of drug-likeness (QED) is 0.323. The molecule has 0 spiro atoms. The van der Waals surface area contributed by atoms with Crippen LogP contribution in [0.25, 0.3) is 0 Å². The first-order valence-electron chi connectivity index (χ1n) is 11.7. The van der Waals surface area contributed by atoms with E-state index < -0.39 is 52.3 Å². The van der Waals surface area contributed by atoms with Crippen LogP contribution in [-0.4, -0.2) is 99.2 Å². The molecule has 3 fully saturated rings. The van der Waals surface area contributed by atoms with Crippen LogP contribution in [-0.2, 0) is 50.5 Å². The molecule has 11 atom stereocenters. The van der Waals surface area contributed by atoms with Crippen LogP contribution in [0.3, 0.4) is 0 Å². The number of rotatable bonds is 13. The average molecular weight is 548 g/mol. The summed E-state index contributed by atoms with van der Waals surface area (Å²) in [5.41, 5.74) is 0. The number of aliphatic hydroxyl groups is 2. The maximum atomic E-state index is 13.1. The summed E-state index contributed by atoms with van der Waals surface area (Å²) in [5, 5.41) is 19.5. The molecule has 15 heteroatoms. The van der Waals surface area contributed by atoms with Gasteiger partial charge in [0.15, 0.2) is 0 Å². The summed E-state index contributed by atoms with van der Waals surface area (Å²) in [6.07, 6.45) is -3.63. The SMILES string of the molecule is COP(=O)(OC[C@H]1OC(C)C[C@H]1OP(=O)(OC)OC[C@H]1OC(C)C[C@H]1O)O[C@@H]1CC(C)O[C@@H]1CO. The molecule has 5 unspecified atom stereocenters. The average Bonchev–Trinajstić information content (AvgIpc) is 3.45. The Labute approximate surface area is 205 Å². The molecule has 13 nitrogen and oxygen atoms in total. The fourth-order valence-corrected chi connectivity index (χ4v) is 6.64. The Morgan fingerprint density at radius 1 is 0.743 bits per heavy atom. The zero-order valence-corrected chi connectivity index (χ0v) is 22.5. The van der Waals surface area contributed by atoms with E-state index in [1.165, 1.54) is 14.2 Å². The van der Waals surface area contributed by atoms with Crippen molar-refractivity contribution in [1.29, 1.82) is 0 Å². The third-order valence-electron chi connectivity index (χ3n) is 6.13. The molecule has 3 aliphatic rings. The largest absolute Gasteiger partial charge is 0.474 e. The summed E-state index contributed by atoms with van der Waals surface area (Å²) in [4.78, 5) is 0. The van der Waals surface area contributed by atoms with E-state index in [0.717, 1.165) is 0 Å². The van der Waals surface area contributed by atoms with Crippen LogP contribution >= 0.6 is 15.6 Å². The highest BCUT2D eigenvalue weighted by atomic mass is 31.2. The lowest BCUT2D eigenvalue weighted by Gasteiger charge is -2.26. The van der Waals surface area contributed by atoms with Gasteiger partial charge in [-0.3, -0.25) is 27.1 Å². The molecule has 3 rings (SSSR count). The van der Waals surface area contributed by atoms with Crippen molar-refractivity contribution in [2.24, 2.45) is 0 Å². The zero-order valence-electron chi connectivity index (χ0n) is 20.7. The molecule has 0 radical (unpaired) electrons. The van der Waals surface area contributed by atoms with Crippen LogP contribution < -0.4 is 0 Å². The van der Waals surface area contributed by atoms with E-state index in [1.807, 2.05) is 13.8 Å². The Morgan fingerprint density at radius 2 is 1.17 bits per heavy atom. The first kappa shape index (κ1) is 29.6. The summed E-state index contributed by atoms with van der Waals surface area (Å²) < 4.78 is 75.2. The summed E-state index contributed by atoms with van der Waals surface area (Å²) in [7, 11) is -5.68. The van der Waals surface area contributed by atoms with Gasteiger partial charge in [-0.2, -0.15) is 0 Å². The van der Waals surface area contributed by atoms with Crippen LogP contribution in [0.2, 0.25) is 0 Å². The van der Waals surface area contributed by atoms with Crippen molar-refractivity contribution >= 4 is 15.6 Å². The van der Waals surface area contributed by atoms with Gasteiger partial charge in [0.2, 0.25) is 0 Å². The van der Waals surface area contributed by atoms with Gasteiger partial charge in [0, 0.05) is 33.5 Å². The number of hydrogen-bond acceptors (Lipinski definition) is 13. The van der Waals surface area contributed by atoms with Crippen molar-refractivity contribution in [3.05, 3.63) is 0 Å². The predicted octanol–water partition coefficient (Wildman–Crippen LogP) is 2.18. The molecular formula is C20H38O13P2. The van der Waals surface area contributed by atoms with Crippen molar-refractivity contribution in [3.8, 4) is 0 Å². The van der Waals surface area contributed by atoms with Crippen molar-refractivity contribution in [2.75, 3.05) is 34.0 Å². The minimum Gasteiger partial charge on any atom is -0.394 e. The Kier molecular flexibility index (Phi) is 10.7. The molecule has 3 saturated heterocycles. The van der Waals surface area contributed by atoms with E-state index in [4.69, 9.17) is 41.4 Å². The summed E-state index contributed by atoms with van der Waals surface area (Å²) in [6, 6.07) is 0. The molecule has 35 heavy (non-hydrogen) atoms. The molecule has 206 valence electrons. The smallest absolute Gasteiger partial charge is 0.394 e. The van der Waals surface area contributed by atoms with Gasteiger partial charge in [-0.1, -0.05) is 0 Å². The summed E-state index contributed by atoms with van der Waals surface area (Å²) in [5.74, 6) is 0. The van der Waals surface area contributed by atoms with Crippen LogP contribution in [0.5, 0.6) is 0 Å². The van der Waals surface area contributed by atoms with E-state index in [0.29, 0.717) is 19.3 Å². The second-order valence-corrected chi connectivity index (χ2v) is 12.5. The van der Waals surface area contributed by atoms with Crippen molar-refractivity contribution in [1.82, 2.24) is 0 Å². The molecule has 0 amide bonds. The Morgan fingerprint density at radius 3 is 1.63 bits per heavy atom. The van der Waals surface area contributed by atoms with Crippen LogP contribution in [0, 0.1) is 0 Å². The van der Waals surface area contributed by atoms with E-state index in [-0.39, 0.29) is 38.1 Å². The number of aliphatic hydroxyl groups excluding tert-OH is 2. The highest BCUT2D eigenvalue weighted by Crippen LogP contribution is 2.54. The highest BCUT2D eigenvalue weighted by molar-refractivity contribution is 7.48. The monoisotopic (exact) mass is 548 g/mol. The second-order valence-electron chi connectivity index (χ2n) is 9.05. The van der Waals surface area contributed by atoms with Crippen LogP contribution in [0.1, 0.15) is 40.0 Å². The first-order valence-corrected chi connectivity index (χ1v) is 14.6. The number of phosphoric ester groups is 2. The highest BCUT2D eigenvalue weighted by Gasteiger charge is 2.45. The predicted molar refractivity (Wildman–Crippen MR) is 121 cm³/mol. The van der Waals surface area contributed by atoms with Gasteiger partial charge in [0.25, 0.3) is 0 Å². The molecule has 0 aromatic carbocycles. The molecule has 3 aliphatic heterocycles. The van der Waals surface area contributed by atoms with Crippen LogP contribution in [0.15, 0.2) is 0 Å². The van der Waals surface area contributed by atoms with Gasteiger partial charge < -0.3 is 24.4 Å². The third kappa shape index (κ3) is 8.00.